The predicted molar refractivity (Wildman–Crippen MR) is 98.4 cm³/mol. The first kappa shape index (κ1) is 19.0. The molecule has 1 saturated heterocycles. The Bertz CT molecular complexity index is 712. The Labute approximate surface area is 161 Å². The molecule has 1 aromatic rings. The predicted octanol–water partition coefficient (Wildman–Crippen LogP) is 3.11. The number of hydrogen-bond acceptors (Lipinski definition) is 3. The average molecular weight is 399 g/mol. The number of halogens is 2. The van der Waals surface area contributed by atoms with Crippen molar-refractivity contribution in [2.75, 3.05) is 11.4 Å². The topological polar surface area (TPSA) is 86.7 Å². The lowest BCUT2D eigenvalue weighted by atomic mass is 9.86. The second-order valence-electron chi connectivity index (χ2n) is 6.93. The lowest BCUT2D eigenvalue weighted by Crippen LogP contribution is -2.42. The van der Waals surface area contributed by atoms with Crippen LogP contribution in [-0.4, -0.2) is 35.5 Å². The molecular formula is C18H20Cl2N2O4. The Morgan fingerprint density at radius 2 is 1.65 bits per heavy atom. The molecule has 1 heterocycles. The highest BCUT2D eigenvalue weighted by molar-refractivity contribution is 6.35. The quantitative estimate of drug-likeness (QED) is 0.815. The van der Waals surface area contributed by atoms with E-state index in [9.17, 15) is 14.4 Å². The molecule has 2 N–H and O–H groups in total. The lowest BCUT2D eigenvalue weighted by molar-refractivity contribution is -0.142. The SMILES string of the molecule is O=C(O)C1CCC(NC(=O)C2CC(=O)N(c3cc(Cl)cc(Cl)c3)C2)CC1. The van der Waals surface area contributed by atoms with Crippen molar-refractivity contribution < 1.29 is 19.5 Å². The highest BCUT2D eigenvalue weighted by Gasteiger charge is 2.36. The summed E-state index contributed by atoms with van der Waals surface area (Å²) in [6.45, 7) is 0.284. The third kappa shape index (κ3) is 4.30. The van der Waals surface area contributed by atoms with Gasteiger partial charge >= 0.3 is 5.97 Å². The third-order valence-electron chi connectivity index (χ3n) is 5.08. The van der Waals surface area contributed by atoms with Crippen molar-refractivity contribution in [3.8, 4) is 0 Å². The van der Waals surface area contributed by atoms with Crippen molar-refractivity contribution in [3.63, 3.8) is 0 Å². The van der Waals surface area contributed by atoms with Crippen LogP contribution in [0.25, 0.3) is 0 Å². The molecule has 2 amide bonds. The minimum Gasteiger partial charge on any atom is -0.481 e. The molecule has 140 valence electrons. The Balaban J connectivity index is 1.58. The van der Waals surface area contributed by atoms with E-state index >= 15 is 0 Å². The van der Waals surface area contributed by atoms with E-state index in [0.717, 1.165) is 0 Å². The van der Waals surface area contributed by atoms with Crippen LogP contribution in [0.1, 0.15) is 32.1 Å². The summed E-state index contributed by atoms with van der Waals surface area (Å²) in [7, 11) is 0. The van der Waals surface area contributed by atoms with Crippen molar-refractivity contribution in [2.24, 2.45) is 11.8 Å². The lowest BCUT2D eigenvalue weighted by Gasteiger charge is -2.27. The Morgan fingerprint density at radius 1 is 1.04 bits per heavy atom. The van der Waals surface area contributed by atoms with Gasteiger partial charge in [-0.05, 0) is 43.9 Å². The van der Waals surface area contributed by atoms with Crippen LogP contribution in [0.3, 0.4) is 0 Å². The van der Waals surface area contributed by atoms with E-state index in [1.54, 1.807) is 18.2 Å². The van der Waals surface area contributed by atoms with Crippen LogP contribution >= 0.6 is 23.2 Å². The molecule has 0 spiro atoms. The van der Waals surface area contributed by atoms with Crippen molar-refractivity contribution >= 4 is 46.7 Å². The van der Waals surface area contributed by atoms with Gasteiger partial charge in [-0.25, -0.2) is 0 Å². The summed E-state index contributed by atoms with van der Waals surface area (Å²) < 4.78 is 0. The van der Waals surface area contributed by atoms with Gasteiger partial charge in [0.15, 0.2) is 0 Å². The summed E-state index contributed by atoms with van der Waals surface area (Å²) >= 11 is 12.0. The molecule has 6 nitrogen and oxygen atoms in total. The Morgan fingerprint density at radius 3 is 2.23 bits per heavy atom. The number of carboxylic acids is 1. The van der Waals surface area contributed by atoms with E-state index < -0.39 is 11.9 Å². The summed E-state index contributed by atoms with van der Waals surface area (Å²) in [6.07, 6.45) is 2.57. The normalized spacial score (nSPS) is 26.0. The van der Waals surface area contributed by atoms with Crippen LogP contribution in [0.5, 0.6) is 0 Å². The smallest absolute Gasteiger partial charge is 0.306 e. The van der Waals surface area contributed by atoms with Gasteiger partial charge in [0, 0.05) is 34.7 Å². The van der Waals surface area contributed by atoms with Gasteiger partial charge in [0.2, 0.25) is 11.8 Å². The number of benzene rings is 1. The number of carbonyl (C=O) groups excluding carboxylic acids is 2. The van der Waals surface area contributed by atoms with Gasteiger partial charge in [0.05, 0.1) is 11.8 Å². The zero-order valence-corrected chi connectivity index (χ0v) is 15.6. The highest BCUT2D eigenvalue weighted by atomic mass is 35.5. The second kappa shape index (κ2) is 7.84. The van der Waals surface area contributed by atoms with Gasteiger partial charge in [-0.1, -0.05) is 23.2 Å². The van der Waals surface area contributed by atoms with Crippen LogP contribution in [0.4, 0.5) is 5.69 Å². The molecule has 8 heteroatoms. The number of nitrogens with one attached hydrogen (secondary N) is 1. The molecule has 2 aliphatic rings. The molecule has 26 heavy (non-hydrogen) atoms. The van der Waals surface area contributed by atoms with Crippen molar-refractivity contribution in [2.45, 2.75) is 38.1 Å². The minimum atomic E-state index is -0.771. The van der Waals surface area contributed by atoms with Crippen molar-refractivity contribution in [3.05, 3.63) is 28.2 Å². The van der Waals surface area contributed by atoms with Crippen LogP contribution < -0.4 is 10.2 Å². The van der Waals surface area contributed by atoms with E-state index in [-0.39, 0.29) is 36.7 Å². The molecule has 0 radical (unpaired) electrons. The largest absolute Gasteiger partial charge is 0.481 e. The fourth-order valence-electron chi connectivity index (χ4n) is 3.63. The summed E-state index contributed by atoms with van der Waals surface area (Å²) in [4.78, 5) is 37.4. The maximum absolute atomic E-state index is 12.5. The number of aliphatic carboxylic acids is 1. The zero-order valence-electron chi connectivity index (χ0n) is 14.1. The van der Waals surface area contributed by atoms with Gasteiger partial charge in [0.25, 0.3) is 0 Å². The molecule has 1 atom stereocenters. The number of anilines is 1. The van der Waals surface area contributed by atoms with Crippen molar-refractivity contribution in [1.29, 1.82) is 0 Å². The summed E-state index contributed by atoms with van der Waals surface area (Å²) in [6, 6.07) is 4.87. The third-order valence-corrected chi connectivity index (χ3v) is 5.51. The Kier molecular flexibility index (Phi) is 5.73. The molecule has 1 saturated carbocycles. The molecule has 1 aliphatic carbocycles. The molecule has 1 aromatic carbocycles. The maximum Gasteiger partial charge on any atom is 0.306 e. The highest BCUT2D eigenvalue weighted by Crippen LogP contribution is 2.31. The second-order valence-corrected chi connectivity index (χ2v) is 7.80. The average Bonchev–Trinajstić information content (AvgIpc) is 2.96. The standard InChI is InChI=1S/C18H20Cl2N2O4/c19-12-6-13(20)8-15(7-12)22-9-11(5-16(22)23)17(24)21-14-3-1-10(2-4-14)18(25)26/h6-8,10-11,14H,1-5,9H2,(H,21,24)(H,25,26). The van der Waals surface area contributed by atoms with Crippen molar-refractivity contribution in [1.82, 2.24) is 5.32 Å². The van der Waals surface area contributed by atoms with Gasteiger partial charge in [0.1, 0.15) is 0 Å². The number of rotatable bonds is 4. The molecule has 3 rings (SSSR count). The maximum atomic E-state index is 12.5. The van der Waals surface area contributed by atoms with Crippen LogP contribution in [0.2, 0.25) is 10.0 Å². The minimum absolute atomic E-state index is 0.0251. The van der Waals surface area contributed by atoms with Gasteiger partial charge in [-0.15, -0.1) is 0 Å². The first-order valence-corrected chi connectivity index (χ1v) is 9.38. The van der Waals surface area contributed by atoms with Crippen LogP contribution in [0, 0.1) is 11.8 Å². The van der Waals surface area contributed by atoms with Gasteiger partial charge < -0.3 is 15.3 Å². The monoisotopic (exact) mass is 398 g/mol. The molecule has 0 bridgehead atoms. The number of carbonyl (C=O) groups is 3. The van der Waals surface area contributed by atoms with E-state index in [0.29, 0.717) is 41.4 Å². The summed E-state index contributed by atoms with van der Waals surface area (Å²) in [5, 5.41) is 12.9. The van der Waals surface area contributed by atoms with E-state index in [4.69, 9.17) is 28.3 Å². The number of amides is 2. The van der Waals surface area contributed by atoms with Gasteiger partial charge in [-0.3, -0.25) is 14.4 Å². The fraction of sp³-hybridized carbons (Fsp3) is 0.500. The number of carboxylic acid groups (broad SMARTS) is 1. The molecule has 1 aliphatic heterocycles. The molecule has 2 fully saturated rings. The first-order valence-electron chi connectivity index (χ1n) is 8.63. The summed E-state index contributed by atoms with van der Waals surface area (Å²) in [5.74, 6) is -1.82. The number of nitrogens with zero attached hydrogens (tertiary/aromatic N) is 1. The van der Waals surface area contributed by atoms with Gasteiger partial charge in [-0.2, -0.15) is 0 Å². The fourth-order valence-corrected chi connectivity index (χ4v) is 4.15. The van der Waals surface area contributed by atoms with E-state index in [1.807, 2.05) is 0 Å². The van der Waals surface area contributed by atoms with E-state index in [1.165, 1.54) is 4.90 Å². The first-order chi connectivity index (χ1) is 12.3. The number of hydrogen-bond donors (Lipinski definition) is 2. The Hall–Kier alpha value is -1.79. The summed E-state index contributed by atoms with van der Waals surface area (Å²) in [5.41, 5.74) is 0.588. The van der Waals surface area contributed by atoms with Crippen LogP contribution in [-0.2, 0) is 14.4 Å². The molecule has 1 unspecified atom stereocenters. The zero-order chi connectivity index (χ0) is 18.8. The van der Waals surface area contributed by atoms with Crippen LogP contribution in [0.15, 0.2) is 18.2 Å². The molecule has 0 aromatic heterocycles. The van der Waals surface area contributed by atoms with E-state index in [2.05, 4.69) is 5.32 Å². The molecular weight excluding hydrogens is 379 g/mol.